The maximum atomic E-state index is 14.5. The van der Waals surface area contributed by atoms with Gasteiger partial charge in [-0.15, -0.1) is 0 Å². The molecule has 0 saturated carbocycles. The van der Waals surface area contributed by atoms with Crippen LogP contribution >= 0.6 is 0 Å². The number of methoxy groups -OCH3 is 4. The number of aliphatic hydroxyl groups excluding tert-OH is 4. The number of carboxylic acid groups (broad SMARTS) is 1. The Morgan fingerprint density at radius 1 is 0.585 bits per heavy atom. The Morgan fingerprint density at radius 3 is 1.60 bits per heavy atom. The fraction of sp³-hybridized carbons (Fsp3) is 0.805. The van der Waals surface area contributed by atoms with Crippen LogP contribution in [0.5, 0.6) is 0 Å². The molecule has 6 N–H and O–H groups in total. The Hall–Kier alpha value is -5.83. The van der Waals surface area contributed by atoms with Gasteiger partial charge in [0.2, 0.25) is 17.7 Å². The van der Waals surface area contributed by atoms with Gasteiger partial charge in [-0.1, -0.05) is 120 Å². The number of aliphatic hydroxyl groups is 4. The van der Waals surface area contributed by atoms with Gasteiger partial charge in [-0.3, -0.25) is 38.5 Å². The smallest absolute Gasteiger partial charge is 0.407 e. The molecule has 2 aliphatic heterocycles. The van der Waals surface area contributed by atoms with Gasteiger partial charge in [0.15, 0.2) is 24.7 Å². The number of nitrogens with one attached hydrogen (secondary N) is 1. The lowest BCUT2D eigenvalue weighted by Crippen LogP contribution is -2.53. The van der Waals surface area contributed by atoms with E-state index >= 15 is 0 Å². The molecule has 0 aromatic heterocycles. The number of carboxylic acids is 1. The van der Waals surface area contributed by atoms with Crippen LogP contribution in [0.4, 0.5) is 4.79 Å². The average Bonchev–Trinajstić information content (AvgIpc) is 1.82. The molecule has 106 heavy (non-hydrogen) atoms. The third-order valence-corrected chi connectivity index (χ3v) is 20.0. The molecule has 2 heterocycles. The number of likely N-dealkylation sites (N-methyl/N-ethyl adjacent to an activating group) is 2. The summed E-state index contributed by atoms with van der Waals surface area (Å²) in [5, 5.41) is 46.7. The summed E-state index contributed by atoms with van der Waals surface area (Å²) in [5.41, 5.74) is 0.721. The maximum Gasteiger partial charge on any atom is 0.407 e. The van der Waals surface area contributed by atoms with E-state index < -0.39 is 91.0 Å². The summed E-state index contributed by atoms with van der Waals surface area (Å²) in [6.45, 7) is 23.5. The number of Topliss-reactive ketones (excluding diaryl/α,β-unsaturated/α-hetero) is 2. The van der Waals surface area contributed by atoms with E-state index in [-0.39, 0.29) is 168 Å². The van der Waals surface area contributed by atoms with E-state index in [4.69, 9.17) is 67.8 Å². The zero-order valence-corrected chi connectivity index (χ0v) is 67.1. The monoisotopic (exact) mass is 1510 g/mol. The van der Waals surface area contributed by atoms with Crippen LogP contribution < -0.4 is 5.32 Å². The van der Waals surface area contributed by atoms with Gasteiger partial charge in [-0.2, -0.15) is 0 Å². The number of ether oxygens (including phenoxy) is 10. The molecule has 29 heteroatoms. The zero-order valence-electron chi connectivity index (χ0n) is 67.1. The van der Waals surface area contributed by atoms with E-state index in [0.29, 0.717) is 45.2 Å². The Morgan fingerprint density at radius 2 is 1.12 bits per heavy atom. The third-order valence-electron chi connectivity index (χ3n) is 20.0. The number of carbonyl (C=O) groups is 9. The van der Waals surface area contributed by atoms with Crippen LogP contribution in [-0.2, 0) is 85.7 Å². The predicted molar refractivity (Wildman–Crippen MR) is 396 cm³/mol. The number of hydrogen-bond acceptors (Lipinski definition) is 24. The molecule has 4 amide bonds. The first-order chi connectivity index (χ1) is 50.3. The van der Waals surface area contributed by atoms with Crippen LogP contribution in [-0.4, -0.2) is 275 Å². The van der Waals surface area contributed by atoms with E-state index in [1.807, 2.05) is 123 Å². The summed E-state index contributed by atoms with van der Waals surface area (Å²) in [6, 6.07) is 7.48. The second kappa shape index (κ2) is 53.9. The summed E-state index contributed by atoms with van der Waals surface area (Å²) in [4.78, 5) is 125. The minimum absolute atomic E-state index is 0.0178. The number of nitrogens with zero attached hydrogens (tertiary/aromatic N) is 4. The highest BCUT2D eigenvalue weighted by molar-refractivity contribution is 5.90. The number of esters is 2. The second-order valence-electron chi connectivity index (χ2n) is 28.5. The molecule has 612 valence electrons. The van der Waals surface area contributed by atoms with Crippen molar-refractivity contribution >= 4 is 53.3 Å². The number of hydrogen-bond donors (Lipinski definition) is 6. The molecule has 1 aromatic carbocycles. The number of carbonyl (C=O) groups excluding carboxylic acids is 8. The molecular weight excluding hydrogens is 1380 g/mol. The van der Waals surface area contributed by atoms with Gasteiger partial charge in [0.25, 0.3) is 0 Å². The number of amides is 4. The number of alkyl carbamates (subject to hydrolysis) is 1. The van der Waals surface area contributed by atoms with Crippen molar-refractivity contribution in [2.24, 2.45) is 41.4 Å². The Bertz CT molecular complexity index is 2640. The zero-order chi connectivity index (χ0) is 80.3. The summed E-state index contributed by atoms with van der Waals surface area (Å²) in [5.74, 6) is -4.19. The van der Waals surface area contributed by atoms with Crippen LogP contribution in [0.2, 0.25) is 0 Å². The van der Waals surface area contributed by atoms with Gasteiger partial charge in [-0.25, -0.2) is 9.59 Å². The van der Waals surface area contributed by atoms with Crippen molar-refractivity contribution in [3.63, 3.8) is 0 Å². The van der Waals surface area contributed by atoms with Crippen molar-refractivity contribution < 1.29 is 116 Å². The van der Waals surface area contributed by atoms with Crippen LogP contribution in [0.3, 0.4) is 0 Å². The molecule has 0 bridgehead atoms. The molecule has 0 spiro atoms. The number of benzene rings is 1. The molecule has 29 nitrogen and oxygen atoms in total. The van der Waals surface area contributed by atoms with E-state index in [2.05, 4.69) is 19.2 Å². The molecule has 3 rings (SSSR count). The molecule has 0 aliphatic carbocycles. The predicted octanol–water partition coefficient (Wildman–Crippen LogP) is 7.38. The minimum atomic E-state index is -0.945. The number of rotatable bonds is 50. The molecule has 2 aliphatic rings. The van der Waals surface area contributed by atoms with Crippen LogP contribution in [0.1, 0.15) is 191 Å². The van der Waals surface area contributed by atoms with Crippen molar-refractivity contribution in [2.45, 2.75) is 253 Å². The normalized spacial score (nSPS) is 18.7. The standard InChI is InChI=1S/C58H97N5O13.C12H22O7.C7H16O4/c1-16-38(7)54(61(13)56(69)44(36(3)4)32-48(66)53(37(5)6)60(11)12)49(72-14)33-51(68)62-29-21-25-45(62)40(9)41(10)47(65)31-39(8)55(42-23-19-18-20-24-42)76-57(70)46-26-22-30-63(46)50(67)27-28-59-58(71)74-35-52(73-15)75-43(17-2)34-64;1-3-9(7-13)19-12(17-2)8-18-11(16)6-4-5-10(14)15;1-3-6(4-8)11-7(5-9)10-2/h18-20,23-24,36-41,43-46,49,52-55,64H,16-17,21-22,25-35H2,1-15H3,(H,59,71);9,12-13H,3-8H2,1-2H3,(H,14,15);6-9H,3-5H2,1-2H3/t38-,39-,40+,41+,43?,44?,45-,46?,49+,52?,53-,54-,55+;;/m0../s1. The van der Waals surface area contributed by atoms with Crippen molar-refractivity contribution in [2.75, 3.05) is 109 Å². The molecule has 1 aromatic rings. The molecule has 2 fully saturated rings. The van der Waals surface area contributed by atoms with E-state index in [1.165, 1.54) is 26.2 Å². The minimum Gasteiger partial charge on any atom is -0.481 e. The van der Waals surface area contributed by atoms with Gasteiger partial charge >= 0.3 is 24.0 Å². The van der Waals surface area contributed by atoms with E-state index in [9.17, 15) is 48.3 Å². The number of ketones is 2. The molecular formula is C77H135N5O24. The SMILES string of the molecule is CCC(CO)OC(CO)OC.CCC(CO)OC(COC(=O)CCCC(=O)O)OC.CCC(CO)OC(COC(=O)NCCC(=O)N1CCCC1C(=O)O[C@@H](c1ccccc1)[C@@H](C)CC(=O)[C@H](C)[C@@H](C)[C@@H]1CCCN1C(=O)C[C@@H](OC)[C@H]([C@@H](C)CC)N(C)C(=O)C(CC(=O)[C@H](C(C)C)N(C)C)C(C)C)OC. The Labute approximate surface area is 630 Å². The van der Waals surface area contributed by atoms with E-state index in [0.717, 1.165) is 24.8 Å². The maximum absolute atomic E-state index is 14.5. The first kappa shape index (κ1) is 98.2. The van der Waals surface area contributed by atoms with Crippen molar-refractivity contribution in [1.82, 2.24) is 24.9 Å². The number of likely N-dealkylation sites (tertiary alicyclic amines) is 2. The lowest BCUT2D eigenvalue weighted by Gasteiger charge is -2.41. The molecule has 8 unspecified atom stereocenters. The topological polar surface area (TPSA) is 372 Å². The fourth-order valence-electron chi connectivity index (χ4n) is 13.2. The summed E-state index contributed by atoms with van der Waals surface area (Å²) < 4.78 is 53.4. The van der Waals surface area contributed by atoms with E-state index in [1.54, 1.807) is 19.1 Å². The third kappa shape index (κ3) is 34.4. The summed E-state index contributed by atoms with van der Waals surface area (Å²) >= 11 is 0. The van der Waals surface area contributed by atoms with Gasteiger partial charge in [0.05, 0.1) is 69.3 Å². The van der Waals surface area contributed by atoms with Crippen molar-refractivity contribution in [1.29, 1.82) is 0 Å². The lowest BCUT2D eigenvalue weighted by atomic mass is 9.80. The quantitative estimate of drug-likeness (QED) is 0.0210. The van der Waals surface area contributed by atoms with Crippen LogP contribution in [0, 0.1) is 41.4 Å². The fourth-order valence-corrected chi connectivity index (χ4v) is 13.2. The largest absolute Gasteiger partial charge is 0.481 e. The Balaban J connectivity index is 0.00000154. The highest BCUT2D eigenvalue weighted by atomic mass is 16.7. The second-order valence-corrected chi connectivity index (χ2v) is 28.5. The average molecular weight is 1510 g/mol. The number of aliphatic carboxylic acids is 1. The van der Waals surface area contributed by atoms with Crippen molar-refractivity contribution in [3.8, 4) is 0 Å². The van der Waals surface area contributed by atoms with Gasteiger partial charge in [0.1, 0.15) is 31.1 Å². The molecule has 0 radical (unpaired) electrons. The van der Waals surface area contributed by atoms with Gasteiger partial charge < -0.3 is 92.9 Å². The highest BCUT2D eigenvalue weighted by Gasteiger charge is 2.44. The van der Waals surface area contributed by atoms with Crippen molar-refractivity contribution in [3.05, 3.63) is 35.9 Å². The highest BCUT2D eigenvalue weighted by Crippen LogP contribution is 2.36. The Kier molecular flexibility index (Phi) is 49.9. The molecule has 2 saturated heterocycles. The lowest BCUT2D eigenvalue weighted by molar-refractivity contribution is -0.194. The summed E-state index contributed by atoms with van der Waals surface area (Å²) in [6.07, 6.45) is 0.0209. The first-order valence-electron chi connectivity index (χ1n) is 37.9. The van der Waals surface area contributed by atoms with Crippen LogP contribution in [0.15, 0.2) is 30.3 Å². The van der Waals surface area contributed by atoms with Gasteiger partial charge in [-0.05, 0) is 94.7 Å². The molecule has 17 atom stereocenters. The summed E-state index contributed by atoms with van der Waals surface area (Å²) in [7, 11) is 11.4. The van der Waals surface area contributed by atoms with Crippen LogP contribution in [0.25, 0.3) is 0 Å². The first-order valence-corrected chi connectivity index (χ1v) is 37.9. The van der Waals surface area contributed by atoms with Gasteiger partial charge in [0, 0.05) is 111 Å².